The number of carbonyl (C=O) groups is 1. The molecule has 0 unspecified atom stereocenters. The third-order valence-corrected chi connectivity index (χ3v) is 4.44. The van der Waals surface area contributed by atoms with Crippen molar-refractivity contribution in [2.24, 2.45) is 0 Å². The lowest BCUT2D eigenvalue weighted by Crippen LogP contribution is -2.18. The fraction of sp³-hybridized carbons (Fsp3) is 0.0667. The lowest BCUT2D eigenvalue weighted by Gasteiger charge is -2.09. The minimum absolute atomic E-state index is 0.00889. The highest BCUT2D eigenvalue weighted by Crippen LogP contribution is 2.28. The molecule has 2 rings (SSSR count). The van der Waals surface area contributed by atoms with Gasteiger partial charge in [0.1, 0.15) is 4.90 Å². The van der Waals surface area contributed by atoms with Gasteiger partial charge in [0.05, 0.1) is 16.7 Å². The summed E-state index contributed by atoms with van der Waals surface area (Å²) in [7, 11) is -2.63. The van der Waals surface area contributed by atoms with E-state index in [-0.39, 0.29) is 27.1 Å². The van der Waals surface area contributed by atoms with Crippen molar-refractivity contribution in [2.75, 3.05) is 7.05 Å². The molecular formula is C15H11ClN2O4S. The summed E-state index contributed by atoms with van der Waals surface area (Å²) >= 11 is 5.89. The molecule has 0 bridgehead atoms. The third kappa shape index (κ3) is 3.80. The number of hydrogen-bond donors (Lipinski definition) is 1. The molecule has 8 heteroatoms. The second-order valence-electron chi connectivity index (χ2n) is 4.40. The first-order valence-electron chi connectivity index (χ1n) is 6.33. The molecule has 0 saturated heterocycles. The Morgan fingerprint density at radius 2 is 1.87 bits per heavy atom. The van der Waals surface area contributed by atoms with Crippen molar-refractivity contribution in [3.8, 4) is 11.8 Å². The largest absolute Gasteiger partial charge is 0.377 e. The highest BCUT2D eigenvalue weighted by atomic mass is 35.5. The van der Waals surface area contributed by atoms with Crippen LogP contribution in [0, 0.1) is 11.3 Å². The number of nitriles is 1. The quantitative estimate of drug-likeness (QED) is 0.854. The zero-order chi connectivity index (χ0) is 17.0. The Bertz CT molecular complexity index is 887. The van der Waals surface area contributed by atoms with Gasteiger partial charge in [-0.2, -0.15) is 13.7 Å². The molecule has 0 saturated carbocycles. The molecule has 0 aliphatic rings. The number of benzene rings is 2. The smallest absolute Gasteiger partial charge is 0.339 e. The number of nitrogens with one attached hydrogen (secondary N) is 1. The van der Waals surface area contributed by atoms with Gasteiger partial charge >= 0.3 is 10.1 Å². The second-order valence-corrected chi connectivity index (χ2v) is 6.35. The number of carbonyl (C=O) groups excluding carboxylic acids is 1. The van der Waals surface area contributed by atoms with Crippen LogP contribution < -0.4 is 9.50 Å². The second kappa shape index (κ2) is 6.69. The summed E-state index contributed by atoms with van der Waals surface area (Å²) in [5, 5.41) is 11.2. The van der Waals surface area contributed by atoms with Crippen LogP contribution in [0.15, 0.2) is 47.4 Å². The van der Waals surface area contributed by atoms with E-state index in [0.29, 0.717) is 5.56 Å². The highest BCUT2D eigenvalue weighted by Gasteiger charge is 2.19. The van der Waals surface area contributed by atoms with Crippen LogP contribution in [0.3, 0.4) is 0 Å². The van der Waals surface area contributed by atoms with Gasteiger partial charge in [-0.3, -0.25) is 4.79 Å². The fourth-order valence-electron chi connectivity index (χ4n) is 1.72. The lowest BCUT2D eigenvalue weighted by atomic mass is 10.2. The maximum absolute atomic E-state index is 12.2. The first kappa shape index (κ1) is 16.8. The molecule has 0 aromatic heterocycles. The molecule has 6 nitrogen and oxygen atoms in total. The van der Waals surface area contributed by atoms with Crippen LogP contribution in [0.25, 0.3) is 0 Å². The van der Waals surface area contributed by atoms with E-state index >= 15 is 0 Å². The van der Waals surface area contributed by atoms with E-state index in [4.69, 9.17) is 21.0 Å². The number of halogens is 1. The summed E-state index contributed by atoms with van der Waals surface area (Å²) in [5.41, 5.74) is 0.609. The van der Waals surface area contributed by atoms with Gasteiger partial charge in [0.15, 0.2) is 5.75 Å². The third-order valence-electron chi connectivity index (χ3n) is 2.89. The Morgan fingerprint density at radius 1 is 1.22 bits per heavy atom. The Labute approximate surface area is 138 Å². The van der Waals surface area contributed by atoms with E-state index in [1.54, 1.807) is 0 Å². The molecule has 0 spiro atoms. The van der Waals surface area contributed by atoms with Gasteiger partial charge in [0, 0.05) is 12.6 Å². The highest BCUT2D eigenvalue weighted by molar-refractivity contribution is 7.87. The molecule has 23 heavy (non-hydrogen) atoms. The predicted octanol–water partition coefficient (Wildman–Crippen LogP) is 2.34. The first-order valence-corrected chi connectivity index (χ1v) is 8.12. The SMILES string of the molecule is CNC(=O)c1ccc(S(=O)(=O)Oc2ccc(C#N)cc2Cl)cc1. The standard InChI is InChI=1S/C15H11ClN2O4S/c1-18-15(19)11-3-5-12(6-4-11)23(20,21)22-14-7-2-10(9-17)8-13(14)16/h2-8H,1H3,(H,18,19). The maximum atomic E-state index is 12.2. The molecule has 1 N–H and O–H groups in total. The average molecular weight is 351 g/mol. The number of hydrogen-bond acceptors (Lipinski definition) is 5. The first-order chi connectivity index (χ1) is 10.9. The van der Waals surface area contributed by atoms with Crippen LogP contribution >= 0.6 is 11.6 Å². The molecule has 0 aliphatic carbocycles. The summed E-state index contributed by atoms with van der Waals surface area (Å²) in [6.45, 7) is 0. The average Bonchev–Trinajstić information content (AvgIpc) is 2.56. The molecule has 2 aromatic rings. The molecule has 0 fully saturated rings. The van der Waals surface area contributed by atoms with Gasteiger partial charge < -0.3 is 9.50 Å². The van der Waals surface area contributed by atoms with E-state index in [9.17, 15) is 13.2 Å². The van der Waals surface area contributed by atoms with Crippen LogP contribution in [-0.4, -0.2) is 21.4 Å². The monoisotopic (exact) mass is 350 g/mol. The maximum Gasteiger partial charge on any atom is 0.339 e. The van der Waals surface area contributed by atoms with Crippen LogP contribution in [-0.2, 0) is 10.1 Å². The Balaban J connectivity index is 2.29. The van der Waals surface area contributed by atoms with Crippen LogP contribution in [0.2, 0.25) is 5.02 Å². The normalized spacial score (nSPS) is 10.7. The molecule has 0 atom stereocenters. The lowest BCUT2D eigenvalue weighted by molar-refractivity contribution is 0.0963. The van der Waals surface area contributed by atoms with E-state index in [1.807, 2.05) is 6.07 Å². The van der Waals surface area contributed by atoms with Crippen molar-refractivity contribution in [3.05, 3.63) is 58.6 Å². The van der Waals surface area contributed by atoms with Crippen molar-refractivity contribution in [1.29, 1.82) is 5.26 Å². The summed E-state index contributed by atoms with van der Waals surface area (Å²) in [6, 6.07) is 11.2. The summed E-state index contributed by atoms with van der Waals surface area (Å²) < 4.78 is 29.4. The minimum atomic E-state index is -4.10. The summed E-state index contributed by atoms with van der Waals surface area (Å²) in [5.74, 6) is -0.411. The van der Waals surface area contributed by atoms with Crippen LogP contribution in [0.1, 0.15) is 15.9 Å². The van der Waals surface area contributed by atoms with Gasteiger partial charge in [0.2, 0.25) is 0 Å². The molecular weight excluding hydrogens is 340 g/mol. The van der Waals surface area contributed by atoms with Crippen LogP contribution in [0.4, 0.5) is 0 Å². The molecule has 0 radical (unpaired) electrons. The molecule has 0 heterocycles. The predicted molar refractivity (Wildman–Crippen MR) is 83.8 cm³/mol. The van der Waals surface area contributed by atoms with Crippen molar-refractivity contribution in [1.82, 2.24) is 5.32 Å². The van der Waals surface area contributed by atoms with Gasteiger partial charge in [-0.05, 0) is 42.5 Å². The zero-order valence-corrected chi connectivity index (χ0v) is 13.5. The fourth-order valence-corrected chi connectivity index (χ4v) is 2.93. The van der Waals surface area contributed by atoms with Crippen LogP contribution in [0.5, 0.6) is 5.75 Å². The zero-order valence-electron chi connectivity index (χ0n) is 11.9. The van der Waals surface area contributed by atoms with Gasteiger partial charge in [-0.25, -0.2) is 0 Å². The van der Waals surface area contributed by atoms with E-state index in [1.165, 1.54) is 49.5 Å². The number of rotatable bonds is 4. The van der Waals surface area contributed by atoms with E-state index in [0.717, 1.165) is 0 Å². The Kier molecular flexibility index (Phi) is 4.89. The minimum Gasteiger partial charge on any atom is -0.377 e. The molecule has 118 valence electrons. The summed E-state index contributed by atoms with van der Waals surface area (Å²) in [6.07, 6.45) is 0. The molecule has 0 aliphatic heterocycles. The van der Waals surface area contributed by atoms with Crippen molar-refractivity contribution in [2.45, 2.75) is 4.90 Å². The van der Waals surface area contributed by atoms with Crippen molar-refractivity contribution in [3.63, 3.8) is 0 Å². The number of amides is 1. The van der Waals surface area contributed by atoms with E-state index < -0.39 is 10.1 Å². The van der Waals surface area contributed by atoms with Crippen molar-refractivity contribution >= 4 is 27.6 Å². The Morgan fingerprint density at radius 3 is 2.39 bits per heavy atom. The van der Waals surface area contributed by atoms with Gasteiger partial charge in [0.25, 0.3) is 5.91 Å². The molecule has 1 amide bonds. The van der Waals surface area contributed by atoms with Crippen molar-refractivity contribution < 1.29 is 17.4 Å². The number of nitrogens with zero attached hydrogens (tertiary/aromatic N) is 1. The Hall–Kier alpha value is -2.56. The molecule has 2 aromatic carbocycles. The van der Waals surface area contributed by atoms with Gasteiger partial charge in [-0.1, -0.05) is 11.6 Å². The topological polar surface area (TPSA) is 96.3 Å². The summed E-state index contributed by atoms with van der Waals surface area (Å²) in [4.78, 5) is 11.3. The van der Waals surface area contributed by atoms with E-state index in [2.05, 4.69) is 5.32 Å². The van der Waals surface area contributed by atoms with Gasteiger partial charge in [-0.15, -0.1) is 0 Å².